The van der Waals surface area contributed by atoms with Crippen LogP contribution in [0.15, 0.2) is 103 Å². The fourth-order valence-corrected chi connectivity index (χ4v) is 10.7. The first-order chi connectivity index (χ1) is 27.1. The number of piperidine rings is 1. The first kappa shape index (κ1) is 36.6. The minimum Gasteiger partial charge on any atom is -0.366 e. The van der Waals surface area contributed by atoms with E-state index in [0.717, 1.165) is 75.3 Å². The van der Waals surface area contributed by atoms with Crippen molar-refractivity contribution < 1.29 is 13.2 Å². The van der Waals surface area contributed by atoms with Crippen molar-refractivity contribution in [1.82, 2.24) is 14.6 Å². The van der Waals surface area contributed by atoms with Crippen molar-refractivity contribution in [3.8, 4) is 22.3 Å². The summed E-state index contributed by atoms with van der Waals surface area (Å²) in [6.07, 6.45) is 11.3. The highest BCUT2D eigenvalue weighted by molar-refractivity contribution is 7.89. The topological polar surface area (TPSA) is 108 Å². The van der Waals surface area contributed by atoms with E-state index in [9.17, 15) is 13.2 Å². The molecule has 7 nitrogen and oxygen atoms in total. The fraction of sp³-hybridized carbons (Fsp3) is 0.312. The van der Waals surface area contributed by atoms with Gasteiger partial charge in [0.1, 0.15) is 0 Å². The van der Waals surface area contributed by atoms with E-state index in [0.29, 0.717) is 43.5 Å². The van der Waals surface area contributed by atoms with E-state index in [-0.39, 0.29) is 11.7 Å². The molecule has 1 aliphatic heterocycles. The number of hydrogen-bond acceptors (Lipinski definition) is 4. The van der Waals surface area contributed by atoms with Crippen LogP contribution in [0.5, 0.6) is 0 Å². The minimum atomic E-state index is -3.24. The molecule has 0 bridgehead atoms. The second-order valence-electron chi connectivity index (χ2n) is 16.4. The van der Waals surface area contributed by atoms with Crippen molar-refractivity contribution in [3.63, 3.8) is 0 Å². The summed E-state index contributed by atoms with van der Waals surface area (Å²) in [5.74, 6) is 0.405. The quantitative estimate of drug-likeness (QED) is 0.136. The monoisotopic (exact) mass is 762 g/mol. The second kappa shape index (κ2) is 14.5. The largest absolute Gasteiger partial charge is 0.366 e. The highest BCUT2D eigenvalue weighted by Gasteiger charge is 2.30. The standard InChI is InChI=1S/C48H50N4O3S/c1-4-56(54,55)52-21-19-31(20-22-52)45-28-51-47-43(45)25-35(26-44(47)48(49)53)46-39-8-6-5-7-30(39)9-15-40(46)33-10-14-37-32(23-33)11-16-42-38-18-13-36(50-27-29(2)3)24-34(38)12-17-41(37)42/h5-11,13-16,18,23,25-26,28-29,31,36,50-51H,4,12,17,19-22,24,27H2,1-3H3,(H2,49,53). The molecule has 3 aliphatic rings. The molecule has 1 amide bonds. The normalized spacial score (nSPS) is 18.0. The average Bonchev–Trinajstić information content (AvgIpc) is 3.65. The summed E-state index contributed by atoms with van der Waals surface area (Å²) in [4.78, 5) is 16.5. The predicted octanol–water partition coefficient (Wildman–Crippen LogP) is 9.71. The third-order valence-corrected chi connectivity index (χ3v) is 14.4. The SMILES string of the molecule is CCS(=O)(=O)N1CCC(c2c[nH]c3c(C(N)=O)cc(-c4c(-c5ccc6c7c(ccc6c5)C5=C(CC7)CC(NCC(C)C)C=C5)ccc5ccccc45)cc23)CC1. The van der Waals surface area contributed by atoms with E-state index in [1.54, 1.807) is 16.8 Å². The molecule has 6 aromatic rings. The first-order valence-corrected chi connectivity index (χ1v) is 21.8. The summed E-state index contributed by atoms with van der Waals surface area (Å²) in [6, 6.07) is 28.9. The van der Waals surface area contributed by atoms with Gasteiger partial charge in [-0.1, -0.05) is 92.2 Å². The molecule has 56 heavy (non-hydrogen) atoms. The summed E-state index contributed by atoms with van der Waals surface area (Å²) in [5.41, 5.74) is 18.3. The molecule has 0 radical (unpaired) electrons. The summed E-state index contributed by atoms with van der Waals surface area (Å²) < 4.78 is 26.9. The zero-order valence-corrected chi connectivity index (χ0v) is 33.3. The lowest BCUT2D eigenvalue weighted by atomic mass is 9.78. The molecule has 9 rings (SSSR count). The molecule has 2 aliphatic carbocycles. The number of sulfonamides is 1. The van der Waals surface area contributed by atoms with Gasteiger partial charge in [0.15, 0.2) is 0 Å². The molecule has 2 heterocycles. The van der Waals surface area contributed by atoms with Gasteiger partial charge >= 0.3 is 0 Å². The molecule has 0 saturated carbocycles. The highest BCUT2D eigenvalue weighted by atomic mass is 32.2. The third-order valence-electron chi connectivity index (χ3n) is 12.5. The van der Waals surface area contributed by atoms with Gasteiger partial charge in [-0.15, -0.1) is 0 Å². The van der Waals surface area contributed by atoms with Crippen LogP contribution < -0.4 is 11.1 Å². The number of amides is 1. The van der Waals surface area contributed by atoms with Crippen LogP contribution in [-0.2, 0) is 16.4 Å². The van der Waals surface area contributed by atoms with Crippen molar-refractivity contribution in [1.29, 1.82) is 0 Å². The lowest BCUT2D eigenvalue weighted by Crippen LogP contribution is -2.38. The van der Waals surface area contributed by atoms with Gasteiger partial charge in [-0.3, -0.25) is 4.79 Å². The van der Waals surface area contributed by atoms with Crippen molar-refractivity contribution in [2.75, 3.05) is 25.4 Å². The maximum absolute atomic E-state index is 13.1. The number of benzene rings is 5. The molecule has 1 saturated heterocycles. The zero-order valence-electron chi connectivity index (χ0n) is 32.5. The Bertz CT molecular complexity index is 2710. The zero-order chi connectivity index (χ0) is 38.7. The number of nitrogens with zero attached hydrogens (tertiary/aromatic N) is 1. The number of carbonyl (C=O) groups excluding carboxylic acids is 1. The molecule has 8 heteroatoms. The Hall–Kier alpha value is -5.02. The summed E-state index contributed by atoms with van der Waals surface area (Å²) in [6.45, 7) is 8.22. The Balaban J connectivity index is 1.13. The molecule has 5 aromatic carbocycles. The molecule has 0 spiro atoms. The average molecular weight is 763 g/mol. The lowest BCUT2D eigenvalue weighted by Gasteiger charge is -2.31. The van der Waals surface area contributed by atoms with Crippen LogP contribution in [0.25, 0.3) is 60.3 Å². The van der Waals surface area contributed by atoms with Gasteiger partial charge in [-0.05, 0) is 142 Å². The number of nitrogens with one attached hydrogen (secondary N) is 2. The molecule has 286 valence electrons. The molecular weight excluding hydrogens is 713 g/mol. The van der Waals surface area contributed by atoms with Crippen molar-refractivity contribution in [3.05, 3.63) is 125 Å². The number of aromatic nitrogens is 1. The molecule has 1 aromatic heterocycles. The smallest absolute Gasteiger partial charge is 0.250 e. The van der Waals surface area contributed by atoms with Gasteiger partial charge in [0, 0.05) is 30.7 Å². The minimum absolute atomic E-state index is 0.108. The number of H-pyrrole nitrogens is 1. The number of aryl methyl sites for hydroxylation is 1. The molecule has 1 atom stereocenters. The number of fused-ring (bicyclic) bond motifs is 6. The molecule has 4 N–H and O–H groups in total. The first-order valence-electron chi connectivity index (χ1n) is 20.2. The van der Waals surface area contributed by atoms with Crippen LogP contribution in [0.2, 0.25) is 0 Å². The van der Waals surface area contributed by atoms with Crippen molar-refractivity contribution in [2.45, 2.75) is 64.8 Å². The summed E-state index contributed by atoms with van der Waals surface area (Å²) >= 11 is 0. The van der Waals surface area contributed by atoms with Crippen LogP contribution in [0.3, 0.4) is 0 Å². The maximum atomic E-state index is 13.1. The number of nitrogens with two attached hydrogens (primary N) is 1. The van der Waals surface area contributed by atoms with E-state index < -0.39 is 15.9 Å². The van der Waals surface area contributed by atoms with E-state index in [1.165, 1.54) is 27.5 Å². The number of hydrogen-bond donors (Lipinski definition) is 3. The van der Waals surface area contributed by atoms with Gasteiger partial charge in [0.05, 0.1) is 16.8 Å². The number of primary amides is 1. The number of allylic oxidation sites excluding steroid dienone is 2. The van der Waals surface area contributed by atoms with Crippen LogP contribution in [-0.4, -0.2) is 55.0 Å². The number of carbonyl (C=O) groups is 1. The number of rotatable bonds is 9. The third kappa shape index (κ3) is 6.47. The Morgan fingerprint density at radius 2 is 1.68 bits per heavy atom. The molecule has 1 fully saturated rings. The predicted molar refractivity (Wildman–Crippen MR) is 231 cm³/mol. The van der Waals surface area contributed by atoms with Gasteiger partial charge in [-0.25, -0.2) is 12.7 Å². The maximum Gasteiger partial charge on any atom is 0.250 e. The van der Waals surface area contributed by atoms with Gasteiger partial charge in [0.25, 0.3) is 5.91 Å². The highest BCUT2D eigenvalue weighted by Crippen LogP contribution is 2.45. The summed E-state index contributed by atoms with van der Waals surface area (Å²) in [7, 11) is -3.24. The van der Waals surface area contributed by atoms with Gasteiger partial charge in [0.2, 0.25) is 10.0 Å². The van der Waals surface area contributed by atoms with Crippen LogP contribution in [0.1, 0.15) is 79.4 Å². The Kier molecular flexibility index (Phi) is 9.47. The van der Waals surface area contributed by atoms with E-state index in [1.807, 2.05) is 12.3 Å². The Morgan fingerprint density at radius 3 is 2.46 bits per heavy atom. The van der Waals surface area contributed by atoms with E-state index in [2.05, 4.69) is 109 Å². The van der Waals surface area contributed by atoms with Gasteiger partial charge in [-0.2, -0.15) is 0 Å². The summed E-state index contributed by atoms with van der Waals surface area (Å²) in [5, 5.41) is 9.44. The van der Waals surface area contributed by atoms with Crippen LogP contribution >= 0.6 is 0 Å². The Morgan fingerprint density at radius 1 is 0.893 bits per heavy atom. The fourth-order valence-electron chi connectivity index (χ4n) is 9.56. The lowest BCUT2D eigenvalue weighted by molar-refractivity contribution is 0.100. The molecule has 1 unspecified atom stereocenters. The number of aromatic amines is 1. The van der Waals surface area contributed by atoms with Crippen molar-refractivity contribution in [2.24, 2.45) is 11.7 Å². The van der Waals surface area contributed by atoms with Gasteiger partial charge < -0.3 is 16.0 Å². The van der Waals surface area contributed by atoms with Crippen LogP contribution in [0, 0.1) is 5.92 Å². The van der Waals surface area contributed by atoms with E-state index in [4.69, 9.17) is 5.73 Å². The Labute approximate surface area is 329 Å². The second-order valence-corrected chi connectivity index (χ2v) is 18.6. The van der Waals surface area contributed by atoms with Crippen molar-refractivity contribution >= 4 is 54.0 Å². The van der Waals surface area contributed by atoms with E-state index >= 15 is 0 Å². The molecular formula is C48H50N4O3S. The van der Waals surface area contributed by atoms with Crippen LogP contribution in [0.4, 0.5) is 0 Å².